The maximum absolute atomic E-state index is 5.86. The van der Waals surface area contributed by atoms with Crippen LogP contribution in [-0.2, 0) is 16.1 Å². The van der Waals surface area contributed by atoms with Crippen LogP contribution in [0.15, 0.2) is 36.4 Å². The number of anilines is 2. The summed E-state index contributed by atoms with van der Waals surface area (Å²) in [5, 5.41) is 0.492. The first-order valence-corrected chi connectivity index (χ1v) is 14.2. The topological polar surface area (TPSA) is 95.0 Å². The van der Waals surface area contributed by atoms with Crippen molar-refractivity contribution in [2.45, 2.75) is 6.61 Å². The molecular weight excluding hydrogens is 726 g/mol. The van der Waals surface area contributed by atoms with Crippen molar-refractivity contribution in [1.82, 2.24) is 19.9 Å². The Bertz CT molecular complexity index is 1130. The van der Waals surface area contributed by atoms with Gasteiger partial charge in [0.15, 0.2) is 7.66 Å². The summed E-state index contributed by atoms with van der Waals surface area (Å²) in [5.41, 5.74) is 1.06. The van der Waals surface area contributed by atoms with Gasteiger partial charge in [-0.25, -0.2) is 15.0 Å². The van der Waals surface area contributed by atoms with Crippen LogP contribution in [0.1, 0.15) is 5.56 Å². The highest BCUT2D eigenvalue weighted by Crippen LogP contribution is 2.21. The molecule has 2 fully saturated rings. The third-order valence-corrected chi connectivity index (χ3v) is 6.69. The fourth-order valence-corrected chi connectivity index (χ4v) is 4.94. The summed E-state index contributed by atoms with van der Waals surface area (Å²) < 4.78 is 23.0. The highest BCUT2D eigenvalue weighted by molar-refractivity contribution is 14.1. The number of rotatable bonds is 6. The predicted molar refractivity (Wildman–Crippen MR) is 158 cm³/mol. The molecule has 2 aromatic heterocycles. The van der Waals surface area contributed by atoms with Crippen LogP contribution in [0.2, 0.25) is 5.15 Å². The van der Waals surface area contributed by atoms with Crippen molar-refractivity contribution < 1.29 is 18.9 Å². The van der Waals surface area contributed by atoms with Gasteiger partial charge in [0.1, 0.15) is 29.1 Å². The molecule has 10 nitrogen and oxygen atoms in total. The van der Waals surface area contributed by atoms with Gasteiger partial charge in [0, 0.05) is 83.5 Å². The molecule has 4 heterocycles. The third-order valence-electron chi connectivity index (χ3n) is 5.53. The molecule has 0 amide bonds. The monoisotopic (exact) mass is 752 g/mol. The Morgan fingerprint density at radius 3 is 1.89 bits per heavy atom. The molecule has 2 saturated heterocycles. The number of morpholine rings is 2. The second-order valence-corrected chi connectivity index (χ2v) is 10.3. The van der Waals surface area contributed by atoms with Gasteiger partial charge < -0.3 is 28.7 Å². The van der Waals surface area contributed by atoms with E-state index in [9.17, 15) is 0 Å². The molecule has 3 aromatic rings. The van der Waals surface area contributed by atoms with Gasteiger partial charge in [0.2, 0.25) is 5.88 Å². The third kappa shape index (κ3) is 8.90. The van der Waals surface area contributed by atoms with E-state index in [-0.39, 0.29) is 0 Å². The number of hydrogen-bond donors (Lipinski definition) is 0. The van der Waals surface area contributed by atoms with Crippen molar-refractivity contribution in [3.63, 3.8) is 0 Å². The Balaban J connectivity index is 0.000000195. The zero-order chi connectivity index (χ0) is 26.0. The van der Waals surface area contributed by atoms with Crippen molar-refractivity contribution in [2.24, 2.45) is 0 Å². The van der Waals surface area contributed by atoms with E-state index in [0.29, 0.717) is 25.3 Å². The molecule has 0 unspecified atom stereocenters. The van der Waals surface area contributed by atoms with Gasteiger partial charge in [-0.3, -0.25) is 0 Å². The number of benzene rings is 1. The number of methoxy groups -OCH3 is 1. The average molecular weight is 753 g/mol. The Kier molecular flexibility index (Phi) is 11.0. The van der Waals surface area contributed by atoms with Crippen molar-refractivity contribution in [2.75, 3.05) is 69.5 Å². The SMILES string of the molecule is COc1ccc(COc2cc(N3CCOCC3)nc(I)n2)cc1.Clc1cc(N2CCOCC2)nc(I)n1. The molecular formula is C24H27ClI2N6O4. The quantitative estimate of drug-likeness (QED) is 0.209. The number of ether oxygens (including phenoxy) is 4. The molecule has 0 aliphatic carbocycles. The highest BCUT2D eigenvalue weighted by atomic mass is 127. The minimum absolute atomic E-state index is 0.458. The summed E-state index contributed by atoms with van der Waals surface area (Å²) in [6.07, 6.45) is 0. The van der Waals surface area contributed by atoms with Crippen LogP contribution in [-0.4, -0.2) is 79.7 Å². The smallest absolute Gasteiger partial charge is 0.219 e. The van der Waals surface area contributed by atoms with E-state index in [2.05, 4.69) is 74.9 Å². The highest BCUT2D eigenvalue weighted by Gasteiger charge is 2.15. The van der Waals surface area contributed by atoms with Crippen molar-refractivity contribution in [3.8, 4) is 11.6 Å². The molecule has 1 aromatic carbocycles. The first-order chi connectivity index (χ1) is 18.0. The van der Waals surface area contributed by atoms with Crippen molar-refractivity contribution in [3.05, 3.63) is 54.8 Å². The van der Waals surface area contributed by atoms with Gasteiger partial charge >= 0.3 is 0 Å². The maximum Gasteiger partial charge on any atom is 0.219 e. The largest absolute Gasteiger partial charge is 0.497 e. The Labute approximate surface area is 248 Å². The van der Waals surface area contributed by atoms with Crippen LogP contribution >= 0.6 is 56.8 Å². The lowest BCUT2D eigenvalue weighted by Gasteiger charge is -2.27. The van der Waals surface area contributed by atoms with Gasteiger partial charge in [-0.05, 0) is 17.7 Å². The normalized spacial score (nSPS) is 15.6. The first-order valence-electron chi connectivity index (χ1n) is 11.7. The molecule has 2 aliphatic heterocycles. The summed E-state index contributed by atoms with van der Waals surface area (Å²) in [6, 6.07) is 11.5. The van der Waals surface area contributed by atoms with Crippen LogP contribution in [0.4, 0.5) is 11.6 Å². The van der Waals surface area contributed by atoms with Gasteiger partial charge in [-0.2, -0.15) is 4.98 Å². The Morgan fingerprint density at radius 2 is 1.35 bits per heavy atom. The van der Waals surface area contributed by atoms with E-state index in [0.717, 1.165) is 75.6 Å². The van der Waals surface area contributed by atoms with E-state index in [1.165, 1.54) is 0 Å². The van der Waals surface area contributed by atoms with Crippen LogP contribution in [0, 0.1) is 7.66 Å². The molecule has 0 spiro atoms. The molecule has 0 N–H and O–H groups in total. The molecule has 198 valence electrons. The number of nitrogens with zero attached hydrogens (tertiary/aromatic N) is 6. The van der Waals surface area contributed by atoms with E-state index in [1.807, 2.05) is 30.3 Å². The van der Waals surface area contributed by atoms with E-state index >= 15 is 0 Å². The minimum atomic E-state index is 0.458. The van der Waals surface area contributed by atoms with Gasteiger partial charge in [-0.15, -0.1) is 0 Å². The van der Waals surface area contributed by atoms with Crippen LogP contribution in [0.3, 0.4) is 0 Å². The molecule has 37 heavy (non-hydrogen) atoms. The second kappa shape index (κ2) is 14.4. The van der Waals surface area contributed by atoms with Crippen LogP contribution < -0.4 is 19.3 Å². The predicted octanol–water partition coefficient (Wildman–Crippen LogP) is 4.08. The Hall–Kier alpha value is -1.75. The second-order valence-electron chi connectivity index (χ2n) is 7.99. The van der Waals surface area contributed by atoms with E-state index in [1.54, 1.807) is 13.2 Å². The fourth-order valence-electron chi connectivity index (χ4n) is 3.63. The first kappa shape index (κ1) is 28.3. The lowest BCUT2D eigenvalue weighted by molar-refractivity contribution is 0.122. The summed E-state index contributed by atoms with van der Waals surface area (Å²) >= 11 is 10.0. The number of aromatic nitrogens is 4. The molecule has 0 bridgehead atoms. The van der Waals surface area contributed by atoms with Gasteiger partial charge in [0.05, 0.1) is 33.5 Å². The Morgan fingerprint density at radius 1 is 0.811 bits per heavy atom. The zero-order valence-corrected chi connectivity index (χ0v) is 25.3. The van der Waals surface area contributed by atoms with E-state index in [4.69, 9.17) is 30.5 Å². The van der Waals surface area contributed by atoms with Crippen molar-refractivity contribution in [1.29, 1.82) is 0 Å². The van der Waals surface area contributed by atoms with Gasteiger partial charge in [-0.1, -0.05) is 23.7 Å². The average Bonchev–Trinajstić information content (AvgIpc) is 2.93. The van der Waals surface area contributed by atoms with Gasteiger partial charge in [0.25, 0.3) is 0 Å². The maximum atomic E-state index is 5.86. The molecule has 0 saturated carbocycles. The molecule has 0 atom stereocenters. The standard InChI is InChI=1S/C16H18IN3O3.C8H9ClIN3O/c1-21-13-4-2-12(3-5-13)11-23-15-10-14(18-16(17)19-15)20-6-8-22-9-7-20;9-6-5-7(12-8(10)11-6)13-1-3-14-4-2-13/h2-5,10H,6-9,11H2,1H3;5H,1-4H2. The zero-order valence-electron chi connectivity index (χ0n) is 20.3. The molecule has 2 aliphatic rings. The molecule has 0 radical (unpaired) electrons. The number of hydrogen-bond acceptors (Lipinski definition) is 10. The minimum Gasteiger partial charge on any atom is -0.497 e. The molecule has 5 rings (SSSR count). The molecule has 13 heteroatoms. The summed E-state index contributed by atoms with van der Waals surface area (Å²) in [4.78, 5) is 21.5. The fraction of sp³-hybridized carbons (Fsp3) is 0.417. The van der Waals surface area contributed by atoms with Crippen LogP contribution in [0.5, 0.6) is 11.6 Å². The lowest BCUT2D eigenvalue weighted by atomic mass is 10.2. The summed E-state index contributed by atoms with van der Waals surface area (Å²) in [5.74, 6) is 3.19. The van der Waals surface area contributed by atoms with Crippen LogP contribution in [0.25, 0.3) is 0 Å². The summed E-state index contributed by atoms with van der Waals surface area (Å²) in [7, 11) is 1.65. The van der Waals surface area contributed by atoms with Crippen molar-refractivity contribution >= 4 is 68.4 Å². The summed E-state index contributed by atoms with van der Waals surface area (Å²) in [6.45, 7) is 6.81. The van der Waals surface area contributed by atoms with E-state index < -0.39 is 0 Å². The lowest BCUT2D eigenvalue weighted by Crippen LogP contribution is -2.36. The number of halogens is 3.